The van der Waals surface area contributed by atoms with Gasteiger partial charge in [0.1, 0.15) is 5.82 Å². The molecule has 1 aromatic carbocycles. The third-order valence-electron chi connectivity index (χ3n) is 3.20. The first kappa shape index (κ1) is 12.9. The van der Waals surface area contributed by atoms with Crippen molar-refractivity contribution in [3.63, 3.8) is 0 Å². The van der Waals surface area contributed by atoms with Gasteiger partial charge in [0, 0.05) is 13.1 Å². The van der Waals surface area contributed by atoms with E-state index in [4.69, 9.17) is 5.11 Å². The van der Waals surface area contributed by atoms with E-state index in [0.29, 0.717) is 11.6 Å². The van der Waals surface area contributed by atoms with Gasteiger partial charge in [0.15, 0.2) is 0 Å². The summed E-state index contributed by atoms with van der Waals surface area (Å²) in [6.07, 6.45) is 3.37. The first-order valence-electron chi connectivity index (χ1n) is 6.39. The summed E-state index contributed by atoms with van der Waals surface area (Å²) < 4.78 is 13.1. The molecule has 1 aliphatic rings. The average Bonchev–Trinajstić information content (AvgIpc) is 3.12. The number of carboxylic acids is 1. The van der Waals surface area contributed by atoms with E-state index in [1.54, 1.807) is 6.07 Å². The molecule has 1 aromatic rings. The zero-order valence-corrected chi connectivity index (χ0v) is 10.5. The number of nitrogens with zero attached hydrogens (tertiary/aromatic N) is 1. The number of carboxylic acid groups (broad SMARTS) is 1. The summed E-state index contributed by atoms with van der Waals surface area (Å²) in [4.78, 5) is 13.3. The Labute approximate surface area is 106 Å². The van der Waals surface area contributed by atoms with Crippen LogP contribution in [0, 0.1) is 11.7 Å². The number of aromatic carboxylic acids is 1. The van der Waals surface area contributed by atoms with E-state index >= 15 is 0 Å². The number of carbonyl (C=O) groups is 1. The Balaban J connectivity index is 2.29. The van der Waals surface area contributed by atoms with Gasteiger partial charge in [-0.05, 0) is 43.4 Å². The fourth-order valence-corrected chi connectivity index (χ4v) is 2.15. The zero-order chi connectivity index (χ0) is 13.1. The number of hydrogen-bond acceptors (Lipinski definition) is 2. The van der Waals surface area contributed by atoms with Gasteiger partial charge in [-0.15, -0.1) is 0 Å². The molecule has 0 bridgehead atoms. The van der Waals surface area contributed by atoms with E-state index in [2.05, 4.69) is 11.8 Å². The molecule has 0 saturated heterocycles. The molecule has 18 heavy (non-hydrogen) atoms. The summed E-state index contributed by atoms with van der Waals surface area (Å²) >= 11 is 0. The minimum absolute atomic E-state index is 0.0594. The van der Waals surface area contributed by atoms with E-state index < -0.39 is 11.8 Å². The van der Waals surface area contributed by atoms with Crippen LogP contribution in [0.2, 0.25) is 0 Å². The van der Waals surface area contributed by atoms with Gasteiger partial charge in [0.05, 0.1) is 11.3 Å². The fraction of sp³-hybridized carbons (Fsp3) is 0.500. The highest BCUT2D eigenvalue weighted by Gasteiger charge is 2.26. The zero-order valence-electron chi connectivity index (χ0n) is 10.5. The molecule has 0 heterocycles. The van der Waals surface area contributed by atoms with Gasteiger partial charge >= 0.3 is 5.97 Å². The second-order valence-corrected chi connectivity index (χ2v) is 4.86. The molecule has 0 aromatic heterocycles. The van der Waals surface area contributed by atoms with Gasteiger partial charge in [-0.3, -0.25) is 0 Å². The Morgan fingerprint density at radius 2 is 2.22 bits per heavy atom. The van der Waals surface area contributed by atoms with Crippen molar-refractivity contribution in [1.82, 2.24) is 0 Å². The van der Waals surface area contributed by atoms with Crippen molar-refractivity contribution in [3.05, 3.63) is 29.6 Å². The molecule has 0 atom stereocenters. The van der Waals surface area contributed by atoms with Crippen molar-refractivity contribution < 1.29 is 14.3 Å². The molecule has 0 spiro atoms. The molecule has 0 radical (unpaired) electrons. The molecule has 2 rings (SSSR count). The Kier molecular flexibility index (Phi) is 3.84. The Morgan fingerprint density at radius 1 is 1.50 bits per heavy atom. The smallest absolute Gasteiger partial charge is 0.337 e. The molecule has 1 fully saturated rings. The van der Waals surface area contributed by atoms with E-state index in [1.807, 2.05) is 0 Å². The Bertz CT molecular complexity index is 443. The second-order valence-electron chi connectivity index (χ2n) is 4.86. The topological polar surface area (TPSA) is 40.5 Å². The summed E-state index contributed by atoms with van der Waals surface area (Å²) in [6, 6.07) is 4.02. The number of halogens is 1. The molecule has 1 saturated carbocycles. The number of benzene rings is 1. The lowest BCUT2D eigenvalue weighted by atomic mass is 10.1. The molecule has 0 unspecified atom stereocenters. The Hall–Kier alpha value is -1.58. The highest BCUT2D eigenvalue weighted by Crippen LogP contribution is 2.32. The maximum Gasteiger partial charge on any atom is 0.337 e. The van der Waals surface area contributed by atoms with Crippen molar-refractivity contribution in [1.29, 1.82) is 0 Å². The van der Waals surface area contributed by atoms with Crippen LogP contribution in [-0.4, -0.2) is 24.2 Å². The van der Waals surface area contributed by atoms with Crippen LogP contribution < -0.4 is 4.90 Å². The second kappa shape index (κ2) is 5.38. The van der Waals surface area contributed by atoms with E-state index in [1.165, 1.54) is 18.9 Å². The van der Waals surface area contributed by atoms with E-state index in [0.717, 1.165) is 25.6 Å². The molecule has 98 valence electrons. The molecule has 0 amide bonds. The number of anilines is 1. The van der Waals surface area contributed by atoms with Crippen molar-refractivity contribution in [2.75, 3.05) is 18.0 Å². The quantitative estimate of drug-likeness (QED) is 0.844. The van der Waals surface area contributed by atoms with Crippen molar-refractivity contribution in [3.8, 4) is 0 Å². The maximum atomic E-state index is 13.1. The van der Waals surface area contributed by atoms with Crippen molar-refractivity contribution >= 4 is 11.7 Å². The normalized spacial score (nSPS) is 14.6. The fourth-order valence-electron chi connectivity index (χ4n) is 2.15. The summed E-state index contributed by atoms with van der Waals surface area (Å²) in [5.74, 6) is -0.899. The van der Waals surface area contributed by atoms with Crippen LogP contribution in [0.3, 0.4) is 0 Å². The molecular formula is C14H18FNO2. The van der Waals surface area contributed by atoms with Crippen LogP contribution >= 0.6 is 0 Å². The minimum atomic E-state index is -1.07. The molecule has 1 aliphatic carbocycles. The monoisotopic (exact) mass is 251 g/mol. The SMILES string of the molecule is CCCN(CC1CC1)c1ccc(F)cc1C(=O)O. The van der Waals surface area contributed by atoms with Crippen LogP contribution in [0.1, 0.15) is 36.5 Å². The minimum Gasteiger partial charge on any atom is -0.478 e. The van der Waals surface area contributed by atoms with Crippen LogP contribution in [-0.2, 0) is 0 Å². The molecule has 1 N–H and O–H groups in total. The lowest BCUT2D eigenvalue weighted by Gasteiger charge is -2.25. The van der Waals surface area contributed by atoms with Gasteiger partial charge in [-0.25, -0.2) is 9.18 Å². The van der Waals surface area contributed by atoms with E-state index in [-0.39, 0.29) is 5.56 Å². The van der Waals surface area contributed by atoms with Crippen LogP contribution in [0.5, 0.6) is 0 Å². The van der Waals surface area contributed by atoms with Crippen molar-refractivity contribution in [2.24, 2.45) is 5.92 Å². The lowest BCUT2D eigenvalue weighted by Crippen LogP contribution is -2.28. The molecule has 0 aliphatic heterocycles. The summed E-state index contributed by atoms with van der Waals surface area (Å²) in [7, 11) is 0. The van der Waals surface area contributed by atoms with Crippen LogP contribution in [0.4, 0.5) is 10.1 Å². The highest BCUT2D eigenvalue weighted by atomic mass is 19.1. The maximum absolute atomic E-state index is 13.1. The summed E-state index contributed by atoms with van der Waals surface area (Å²) in [6.45, 7) is 3.74. The molecule has 3 nitrogen and oxygen atoms in total. The summed E-state index contributed by atoms with van der Waals surface area (Å²) in [5, 5.41) is 9.16. The highest BCUT2D eigenvalue weighted by molar-refractivity contribution is 5.94. The first-order chi connectivity index (χ1) is 8.61. The number of rotatable bonds is 6. The third-order valence-corrected chi connectivity index (χ3v) is 3.20. The van der Waals surface area contributed by atoms with Gasteiger partial charge in [0.25, 0.3) is 0 Å². The van der Waals surface area contributed by atoms with Crippen LogP contribution in [0.25, 0.3) is 0 Å². The lowest BCUT2D eigenvalue weighted by molar-refractivity contribution is 0.0697. The summed E-state index contributed by atoms with van der Waals surface area (Å²) in [5.41, 5.74) is 0.696. The molecule has 4 heteroatoms. The third kappa shape index (κ3) is 3.00. The van der Waals surface area contributed by atoms with Gasteiger partial charge in [-0.2, -0.15) is 0 Å². The van der Waals surface area contributed by atoms with Gasteiger partial charge in [-0.1, -0.05) is 6.92 Å². The standard InChI is InChI=1S/C14H18FNO2/c1-2-7-16(9-10-3-4-10)13-6-5-11(15)8-12(13)14(17)18/h5-6,8,10H,2-4,7,9H2,1H3,(H,17,18). The van der Waals surface area contributed by atoms with Gasteiger partial charge in [0.2, 0.25) is 0 Å². The first-order valence-corrected chi connectivity index (χ1v) is 6.39. The predicted molar refractivity (Wildman–Crippen MR) is 68.6 cm³/mol. The average molecular weight is 251 g/mol. The Morgan fingerprint density at radius 3 is 2.78 bits per heavy atom. The van der Waals surface area contributed by atoms with E-state index in [9.17, 15) is 9.18 Å². The molecular weight excluding hydrogens is 233 g/mol. The van der Waals surface area contributed by atoms with Gasteiger partial charge < -0.3 is 10.0 Å². The van der Waals surface area contributed by atoms with Crippen molar-refractivity contribution in [2.45, 2.75) is 26.2 Å². The predicted octanol–water partition coefficient (Wildman–Crippen LogP) is 3.15. The number of hydrogen-bond donors (Lipinski definition) is 1. The largest absolute Gasteiger partial charge is 0.478 e. The van der Waals surface area contributed by atoms with Crippen LogP contribution in [0.15, 0.2) is 18.2 Å².